The second-order valence-electron chi connectivity index (χ2n) is 8.79. The number of nitrogens with zero attached hydrogens (tertiary/aromatic N) is 3. The fourth-order valence-corrected chi connectivity index (χ4v) is 6.83. The van der Waals surface area contributed by atoms with Gasteiger partial charge in [-0.3, -0.25) is 9.59 Å². The Bertz CT molecular complexity index is 1650. The maximum absolute atomic E-state index is 13.3. The van der Waals surface area contributed by atoms with Crippen LogP contribution in [-0.2, 0) is 17.6 Å². The van der Waals surface area contributed by atoms with Crippen molar-refractivity contribution in [2.24, 2.45) is 5.92 Å². The number of aromatic nitrogens is 3. The van der Waals surface area contributed by atoms with E-state index in [2.05, 4.69) is 20.3 Å². The van der Waals surface area contributed by atoms with Crippen molar-refractivity contribution in [3.63, 3.8) is 0 Å². The molecule has 1 amide bonds. The van der Waals surface area contributed by atoms with Crippen LogP contribution in [0, 0.1) is 5.92 Å². The lowest BCUT2D eigenvalue weighted by molar-refractivity contribution is -0.122. The first-order chi connectivity index (χ1) is 17.5. The zero-order valence-electron chi connectivity index (χ0n) is 19.7. The Balaban J connectivity index is 1.26. The van der Waals surface area contributed by atoms with Crippen molar-refractivity contribution in [2.45, 2.75) is 19.3 Å². The Hall–Kier alpha value is -3.76. The van der Waals surface area contributed by atoms with Crippen LogP contribution in [0.1, 0.15) is 16.9 Å². The molecular weight excluding hydrogens is 494 g/mol. The van der Waals surface area contributed by atoms with Crippen LogP contribution in [0.2, 0.25) is 0 Å². The molecule has 0 aliphatic heterocycles. The molecule has 8 nitrogen and oxygen atoms in total. The van der Waals surface area contributed by atoms with Gasteiger partial charge in [0, 0.05) is 29.2 Å². The Morgan fingerprint density at radius 1 is 1.17 bits per heavy atom. The van der Waals surface area contributed by atoms with E-state index in [9.17, 15) is 9.59 Å². The molecule has 1 aliphatic rings. The van der Waals surface area contributed by atoms with Gasteiger partial charge in [-0.05, 0) is 67.3 Å². The molecule has 6 rings (SSSR count). The minimum absolute atomic E-state index is 0.0692. The summed E-state index contributed by atoms with van der Waals surface area (Å²) in [4.78, 5) is 40.7. The van der Waals surface area contributed by atoms with Gasteiger partial charge in [0.1, 0.15) is 22.7 Å². The molecular formula is C26H23N5O3S2. The summed E-state index contributed by atoms with van der Waals surface area (Å²) in [7, 11) is 3.46. The third-order valence-electron chi connectivity index (χ3n) is 6.67. The molecule has 3 heterocycles. The summed E-state index contributed by atoms with van der Waals surface area (Å²) < 4.78 is 6.12. The van der Waals surface area contributed by atoms with Crippen molar-refractivity contribution in [3.05, 3.63) is 68.9 Å². The van der Waals surface area contributed by atoms with Crippen molar-refractivity contribution in [1.82, 2.24) is 15.0 Å². The lowest BCUT2D eigenvalue weighted by Crippen LogP contribution is -2.35. The third kappa shape index (κ3) is 4.02. The van der Waals surface area contributed by atoms with Crippen LogP contribution in [0.5, 0.6) is 5.75 Å². The van der Waals surface area contributed by atoms with E-state index in [1.54, 1.807) is 29.7 Å². The number of ether oxygens (including phenoxy) is 1. The second kappa shape index (κ2) is 9.03. The second-order valence-corrected chi connectivity index (χ2v) is 10.9. The monoisotopic (exact) mass is 517 g/mol. The summed E-state index contributed by atoms with van der Waals surface area (Å²) in [5.41, 5.74) is 3.76. The molecule has 2 aromatic carbocycles. The number of rotatable bonds is 5. The molecule has 1 atom stereocenters. The minimum Gasteiger partial charge on any atom is -0.497 e. The molecule has 0 radical (unpaired) electrons. The quantitative estimate of drug-likeness (QED) is 0.336. The number of benzene rings is 2. The van der Waals surface area contributed by atoms with Crippen LogP contribution >= 0.6 is 22.7 Å². The van der Waals surface area contributed by atoms with Gasteiger partial charge in [-0.25, -0.2) is 9.97 Å². The highest BCUT2D eigenvalue weighted by atomic mass is 32.1. The van der Waals surface area contributed by atoms with Gasteiger partial charge in [0.15, 0.2) is 0 Å². The summed E-state index contributed by atoms with van der Waals surface area (Å²) in [5.74, 6) is 1.55. The van der Waals surface area contributed by atoms with E-state index in [0.29, 0.717) is 6.42 Å². The zero-order chi connectivity index (χ0) is 24.8. The fourth-order valence-electron chi connectivity index (χ4n) is 4.78. The van der Waals surface area contributed by atoms with Gasteiger partial charge in [0.2, 0.25) is 5.91 Å². The smallest absolute Gasteiger partial charge is 0.305 e. The lowest BCUT2D eigenvalue weighted by Gasteiger charge is -2.27. The zero-order valence-corrected chi connectivity index (χ0v) is 21.3. The van der Waals surface area contributed by atoms with Crippen LogP contribution in [0.4, 0.5) is 17.2 Å². The highest BCUT2D eigenvalue weighted by Gasteiger charge is 2.31. The van der Waals surface area contributed by atoms with Crippen molar-refractivity contribution in [2.75, 3.05) is 24.4 Å². The highest BCUT2D eigenvalue weighted by molar-refractivity contribution is 7.19. The van der Waals surface area contributed by atoms with Crippen molar-refractivity contribution >= 4 is 66.2 Å². The maximum Gasteiger partial charge on any atom is 0.305 e. The molecule has 10 heteroatoms. The average Bonchev–Trinajstić information content (AvgIpc) is 3.46. The van der Waals surface area contributed by atoms with Gasteiger partial charge in [0.25, 0.3) is 0 Å². The molecule has 1 unspecified atom stereocenters. The number of hydrogen-bond donors (Lipinski definition) is 2. The Morgan fingerprint density at radius 2 is 2.00 bits per heavy atom. The molecule has 0 bridgehead atoms. The first-order valence-electron chi connectivity index (χ1n) is 11.6. The van der Waals surface area contributed by atoms with E-state index in [1.165, 1.54) is 21.8 Å². The number of hydrogen-bond acceptors (Lipinski definition) is 8. The minimum atomic E-state index is -0.0826. The first-order valence-corrected chi connectivity index (χ1v) is 13.2. The number of carbonyl (C=O) groups excluding carboxylic acids is 1. The van der Waals surface area contributed by atoms with Crippen LogP contribution in [0.15, 0.2) is 53.6 Å². The number of aryl methyl sites for hydroxylation is 1. The van der Waals surface area contributed by atoms with Crippen molar-refractivity contribution < 1.29 is 9.53 Å². The normalized spacial score (nSPS) is 15.1. The topological polar surface area (TPSA) is 100 Å². The summed E-state index contributed by atoms with van der Waals surface area (Å²) in [6.45, 7) is 0. The number of thiophene rings is 1. The number of anilines is 3. The predicted molar refractivity (Wildman–Crippen MR) is 145 cm³/mol. The summed E-state index contributed by atoms with van der Waals surface area (Å²) >= 11 is 2.83. The average molecular weight is 518 g/mol. The van der Waals surface area contributed by atoms with Gasteiger partial charge >= 0.3 is 4.87 Å². The number of nitrogens with one attached hydrogen (secondary N) is 2. The predicted octanol–water partition coefficient (Wildman–Crippen LogP) is 5.11. The van der Waals surface area contributed by atoms with Gasteiger partial charge in [-0.2, -0.15) is 0 Å². The molecule has 0 saturated carbocycles. The van der Waals surface area contributed by atoms with Crippen LogP contribution in [0.3, 0.4) is 0 Å². The van der Waals surface area contributed by atoms with Gasteiger partial charge in [0.05, 0.1) is 22.7 Å². The van der Waals surface area contributed by atoms with E-state index in [0.717, 1.165) is 56.2 Å². The van der Waals surface area contributed by atoms with Gasteiger partial charge < -0.3 is 19.9 Å². The van der Waals surface area contributed by atoms with E-state index in [1.807, 2.05) is 49.5 Å². The first kappa shape index (κ1) is 22.7. The number of aromatic amines is 1. The summed E-state index contributed by atoms with van der Waals surface area (Å²) in [6, 6.07) is 13.3. The molecule has 182 valence electrons. The van der Waals surface area contributed by atoms with Crippen LogP contribution < -0.4 is 19.8 Å². The van der Waals surface area contributed by atoms with E-state index >= 15 is 0 Å². The number of carbonyl (C=O) groups is 1. The van der Waals surface area contributed by atoms with Crippen molar-refractivity contribution in [3.8, 4) is 5.75 Å². The number of thiazole rings is 1. The Kier molecular flexibility index (Phi) is 5.69. The number of fused-ring (bicyclic) bond motifs is 4. The maximum atomic E-state index is 13.3. The molecule has 1 aliphatic carbocycles. The molecule has 5 aromatic rings. The number of amides is 1. The van der Waals surface area contributed by atoms with E-state index < -0.39 is 0 Å². The molecule has 2 N–H and O–H groups in total. The number of H-pyrrole nitrogens is 1. The van der Waals surface area contributed by atoms with E-state index in [-0.39, 0.29) is 16.7 Å². The highest BCUT2D eigenvalue weighted by Crippen LogP contribution is 2.41. The van der Waals surface area contributed by atoms with Crippen molar-refractivity contribution in [1.29, 1.82) is 0 Å². The third-order valence-corrected chi connectivity index (χ3v) is 8.68. The molecule has 36 heavy (non-hydrogen) atoms. The molecule has 0 saturated heterocycles. The van der Waals surface area contributed by atoms with Crippen LogP contribution in [0.25, 0.3) is 20.4 Å². The summed E-state index contributed by atoms with van der Waals surface area (Å²) in [6.07, 6.45) is 3.83. The molecule has 0 spiro atoms. The molecule has 3 aromatic heterocycles. The Labute approximate surface area is 214 Å². The van der Waals surface area contributed by atoms with Crippen LogP contribution in [-0.4, -0.2) is 35.0 Å². The number of methoxy groups -OCH3 is 1. The van der Waals surface area contributed by atoms with Gasteiger partial charge in [-0.15, -0.1) is 11.3 Å². The SMILES string of the molecule is COc1ccc(N(C)C(=O)C2CCc3c(sc4ncnc(Nc5ccc6[nH]c(=O)sc6c5)c34)C2)cc1. The largest absolute Gasteiger partial charge is 0.497 e. The van der Waals surface area contributed by atoms with E-state index in [4.69, 9.17) is 4.74 Å². The summed E-state index contributed by atoms with van der Waals surface area (Å²) in [5, 5.41) is 4.45. The fraction of sp³-hybridized carbons (Fsp3) is 0.231. The Morgan fingerprint density at radius 3 is 2.81 bits per heavy atom. The molecule has 0 fully saturated rings. The lowest BCUT2D eigenvalue weighted by atomic mass is 9.87. The standard InChI is InChI=1S/C26H23N5O3S2/c1-31(16-5-7-17(34-2)8-6-16)25(32)14-3-9-18-20(11-14)35-24-22(18)23(27-13-28-24)29-15-4-10-19-21(12-15)36-26(33)30-19/h4-8,10,12-14H,3,9,11H2,1-2H3,(H,30,33)(H,27,28,29). The van der Waals surface area contributed by atoms with Gasteiger partial charge in [-0.1, -0.05) is 11.3 Å².